The fourth-order valence-electron chi connectivity index (χ4n) is 2.28. The summed E-state index contributed by atoms with van der Waals surface area (Å²) in [5.74, 6) is -0.786. The zero-order valence-electron chi connectivity index (χ0n) is 12.2. The maximum absolute atomic E-state index is 13.8. The Labute approximate surface area is 123 Å². The number of hydrogen-bond donors (Lipinski definition) is 1. The highest BCUT2D eigenvalue weighted by Crippen LogP contribution is 2.23. The molecular formula is C17H19F2NO. The third kappa shape index (κ3) is 3.79. The normalized spacial score (nSPS) is 12.2. The zero-order valence-corrected chi connectivity index (χ0v) is 12.2. The van der Waals surface area contributed by atoms with Crippen LogP contribution in [0.15, 0.2) is 42.5 Å². The third-order valence-corrected chi connectivity index (χ3v) is 3.40. The number of rotatable bonds is 6. The smallest absolute Gasteiger partial charge is 0.162 e. The predicted octanol–water partition coefficient (Wildman–Crippen LogP) is 3.87. The van der Waals surface area contributed by atoms with E-state index in [1.54, 1.807) is 13.1 Å². The highest BCUT2D eigenvalue weighted by molar-refractivity contribution is 5.31. The van der Waals surface area contributed by atoms with Crippen LogP contribution in [0, 0.1) is 11.6 Å². The van der Waals surface area contributed by atoms with Gasteiger partial charge >= 0.3 is 0 Å². The molecule has 4 heteroatoms. The molecule has 112 valence electrons. The maximum atomic E-state index is 13.8. The van der Waals surface area contributed by atoms with Crippen molar-refractivity contribution < 1.29 is 13.5 Å². The van der Waals surface area contributed by atoms with Crippen molar-refractivity contribution in [2.75, 3.05) is 13.7 Å². The molecule has 0 aromatic heterocycles. The van der Waals surface area contributed by atoms with E-state index in [0.29, 0.717) is 18.6 Å². The van der Waals surface area contributed by atoms with Gasteiger partial charge in [-0.3, -0.25) is 0 Å². The lowest BCUT2D eigenvalue weighted by Gasteiger charge is -2.18. The zero-order chi connectivity index (χ0) is 15.2. The van der Waals surface area contributed by atoms with Crippen molar-refractivity contribution >= 4 is 0 Å². The van der Waals surface area contributed by atoms with Crippen molar-refractivity contribution in [2.24, 2.45) is 0 Å². The van der Waals surface area contributed by atoms with E-state index in [2.05, 4.69) is 5.32 Å². The Morgan fingerprint density at radius 1 is 1.10 bits per heavy atom. The molecule has 21 heavy (non-hydrogen) atoms. The van der Waals surface area contributed by atoms with Crippen LogP contribution in [-0.2, 0) is 6.42 Å². The number of nitrogens with one attached hydrogen (secondary N) is 1. The Morgan fingerprint density at radius 2 is 1.81 bits per heavy atom. The highest BCUT2D eigenvalue weighted by atomic mass is 19.2. The summed E-state index contributed by atoms with van der Waals surface area (Å²) in [4.78, 5) is 0. The molecule has 0 spiro atoms. The molecule has 2 aromatic carbocycles. The van der Waals surface area contributed by atoms with Crippen molar-refractivity contribution in [2.45, 2.75) is 19.4 Å². The molecule has 0 aliphatic rings. The van der Waals surface area contributed by atoms with E-state index in [-0.39, 0.29) is 6.04 Å². The topological polar surface area (TPSA) is 21.3 Å². The number of likely N-dealkylation sites (N-methyl/N-ethyl adjacent to an activating group) is 1. The lowest BCUT2D eigenvalue weighted by atomic mass is 9.98. The molecule has 0 radical (unpaired) electrons. The summed E-state index contributed by atoms with van der Waals surface area (Å²) in [7, 11) is 1.80. The van der Waals surface area contributed by atoms with Crippen molar-refractivity contribution in [3.63, 3.8) is 0 Å². The SMILES string of the molecule is CCOc1ccc(C(Cc2cccc(F)c2F)NC)cc1. The van der Waals surface area contributed by atoms with Gasteiger partial charge in [0.25, 0.3) is 0 Å². The first-order chi connectivity index (χ1) is 10.2. The molecule has 0 amide bonds. The van der Waals surface area contributed by atoms with Gasteiger partial charge in [0, 0.05) is 6.04 Å². The molecule has 2 aromatic rings. The van der Waals surface area contributed by atoms with Crippen molar-refractivity contribution in [3.8, 4) is 5.75 Å². The summed E-state index contributed by atoms with van der Waals surface area (Å²) in [6, 6.07) is 11.8. The van der Waals surface area contributed by atoms with E-state index >= 15 is 0 Å². The fraction of sp³-hybridized carbons (Fsp3) is 0.294. The first-order valence-electron chi connectivity index (χ1n) is 6.98. The molecule has 2 rings (SSSR count). The Kier molecular flexibility index (Phi) is 5.28. The van der Waals surface area contributed by atoms with E-state index in [4.69, 9.17) is 4.74 Å². The average molecular weight is 291 g/mol. The third-order valence-electron chi connectivity index (χ3n) is 3.40. The Hall–Kier alpha value is -1.94. The molecule has 1 unspecified atom stereocenters. The second-order valence-corrected chi connectivity index (χ2v) is 4.76. The van der Waals surface area contributed by atoms with Crippen LogP contribution in [0.2, 0.25) is 0 Å². The lowest BCUT2D eigenvalue weighted by Crippen LogP contribution is -2.19. The van der Waals surface area contributed by atoms with Gasteiger partial charge in [0.15, 0.2) is 11.6 Å². The standard InChI is InChI=1S/C17H19F2NO/c1-3-21-14-9-7-12(8-10-14)16(20-2)11-13-5-4-6-15(18)17(13)19/h4-10,16,20H,3,11H2,1-2H3. The largest absolute Gasteiger partial charge is 0.494 e. The number of ether oxygens (including phenoxy) is 1. The second-order valence-electron chi connectivity index (χ2n) is 4.76. The quantitative estimate of drug-likeness (QED) is 0.872. The molecule has 0 saturated carbocycles. The highest BCUT2D eigenvalue weighted by Gasteiger charge is 2.15. The van der Waals surface area contributed by atoms with Crippen LogP contribution < -0.4 is 10.1 Å². The Morgan fingerprint density at radius 3 is 2.43 bits per heavy atom. The maximum Gasteiger partial charge on any atom is 0.162 e. The Balaban J connectivity index is 2.17. The van der Waals surface area contributed by atoms with Gasteiger partial charge in [-0.05, 0) is 49.7 Å². The molecule has 0 bridgehead atoms. The van der Waals surface area contributed by atoms with Crippen molar-refractivity contribution in [1.82, 2.24) is 5.32 Å². The molecule has 0 aliphatic heterocycles. The van der Waals surface area contributed by atoms with Crippen LogP contribution in [0.4, 0.5) is 8.78 Å². The van der Waals surface area contributed by atoms with Gasteiger partial charge in [-0.25, -0.2) is 8.78 Å². The summed E-state index contributed by atoms with van der Waals surface area (Å²) in [5.41, 5.74) is 1.37. The molecule has 0 saturated heterocycles. The number of benzene rings is 2. The van der Waals surface area contributed by atoms with Gasteiger partial charge in [-0.15, -0.1) is 0 Å². The van der Waals surface area contributed by atoms with Crippen LogP contribution in [0.25, 0.3) is 0 Å². The monoisotopic (exact) mass is 291 g/mol. The molecule has 0 aliphatic carbocycles. The summed E-state index contributed by atoms with van der Waals surface area (Å²) in [5, 5.41) is 3.14. The Bertz CT molecular complexity index is 584. The number of hydrogen-bond acceptors (Lipinski definition) is 2. The van der Waals surface area contributed by atoms with Crippen LogP contribution in [-0.4, -0.2) is 13.7 Å². The molecule has 0 heterocycles. The average Bonchev–Trinajstić information content (AvgIpc) is 2.50. The van der Waals surface area contributed by atoms with Gasteiger partial charge in [0.2, 0.25) is 0 Å². The van der Waals surface area contributed by atoms with Gasteiger partial charge in [-0.2, -0.15) is 0 Å². The van der Waals surface area contributed by atoms with Gasteiger partial charge in [-0.1, -0.05) is 24.3 Å². The fourth-order valence-corrected chi connectivity index (χ4v) is 2.28. The predicted molar refractivity (Wildman–Crippen MR) is 79.5 cm³/mol. The first kappa shape index (κ1) is 15.4. The second kappa shape index (κ2) is 7.18. The van der Waals surface area contributed by atoms with Gasteiger partial charge in [0.05, 0.1) is 6.61 Å². The minimum absolute atomic E-state index is 0.0861. The van der Waals surface area contributed by atoms with E-state index in [1.165, 1.54) is 6.07 Å². The van der Waals surface area contributed by atoms with Crippen molar-refractivity contribution in [3.05, 3.63) is 65.2 Å². The van der Waals surface area contributed by atoms with Crippen LogP contribution in [0.5, 0.6) is 5.75 Å². The molecular weight excluding hydrogens is 272 g/mol. The van der Waals surface area contributed by atoms with E-state index in [0.717, 1.165) is 17.4 Å². The van der Waals surface area contributed by atoms with Gasteiger partial charge in [0.1, 0.15) is 5.75 Å². The summed E-state index contributed by atoms with van der Waals surface area (Å²) >= 11 is 0. The minimum atomic E-state index is -0.811. The van der Waals surface area contributed by atoms with Crippen molar-refractivity contribution in [1.29, 1.82) is 0 Å². The van der Waals surface area contributed by atoms with Crippen LogP contribution >= 0.6 is 0 Å². The first-order valence-corrected chi connectivity index (χ1v) is 6.98. The van der Waals surface area contributed by atoms with Crippen LogP contribution in [0.1, 0.15) is 24.1 Å². The summed E-state index contributed by atoms with van der Waals surface area (Å²) in [6.45, 7) is 2.54. The summed E-state index contributed by atoms with van der Waals surface area (Å²) < 4.78 is 32.4. The molecule has 1 N–H and O–H groups in total. The van der Waals surface area contributed by atoms with E-state index in [1.807, 2.05) is 31.2 Å². The lowest BCUT2D eigenvalue weighted by molar-refractivity contribution is 0.340. The molecule has 1 atom stereocenters. The molecule has 2 nitrogen and oxygen atoms in total. The molecule has 0 fully saturated rings. The van der Waals surface area contributed by atoms with E-state index in [9.17, 15) is 8.78 Å². The summed E-state index contributed by atoms with van der Waals surface area (Å²) in [6.07, 6.45) is 0.383. The van der Waals surface area contributed by atoms with E-state index < -0.39 is 11.6 Å². The van der Waals surface area contributed by atoms with Gasteiger partial charge < -0.3 is 10.1 Å². The number of halogens is 2. The van der Waals surface area contributed by atoms with Crippen LogP contribution in [0.3, 0.4) is 0 Å². The minimum Gasteiger partial charge on any atom is -0.494 e.